The number of rotatable bonds is 1. The van der Waals surface area contributed by atoms with E-state index < -0.39 is 5.41 Å². The zero-order valence-electron chi connectivity index (χ0n) is 14.0. The number of benzene rings is 1. The summed E-state index contributed by atoms with van der Waals surface area (Å²) >= 11 is 3.44. The quantitative estimate of drug-likeness (QED) is 0.762. The average Bonchev–Trinajstić information content (AvgIpc) is 2.97. The summed E-state index contributed by atoms with van der Waals surface area (Å²) in [5.41, 5.74) is 0.0648. The molecule has 2 aliphatic heterocycles. The van der Waals surface area contributed by atoms with E-state index in [9.17, 15) is 14.4 Å². The highest BCUT2D eigenvalue weighted by Gasteiger charge is 2.57. The predicted molar refractivity (Wildman–Crippen MR) is 97.0 cm³/mol. The first kappa shape index (κ1) is 16.1. The molecule has 130 valence electrons. The third kappa shape index (κ3) is 1.94. The SMILES string of the molecule is CC(C)n1[nH]c(=O)c2c1NC(=O)C[C@@]21C(=O)N(C)c2ccc(Br)cc21. The Morgan fingerprint density at radius 3 is 2.64 bits per heavy atom. The van der Waals surface area contributed by atoms with Crippen molar-refractivity contribution in [2.24, 2.45) is 0 Å². The minimum absolute atomic E-state index is 0.0666. The van der Waals surface area contributed by atoms with Gasteiger partial charge in [0.05, 0.1) is 12.0 Å². The van der Waals surface area contributed by atoms with Crippen LogP contribution in [0.3, 0.4) is 0 Å². The van der Waals surface area contributed by atoms with E-state index in [0.29, 0.717) is 22.6 Å². The number of nitrogens with zero attached hydrogens (tertiary/aromatic N) is 2. The molecule has 2 N–H and O–H groups in total. The number of H-pyrrole nitrogens is 1. The molecule has 3 heterocycles. The molecule has 2 aromatic rings. The van der Waals surface area contributed by atoms with Crippen LogP contribution in [0, 0.1) is 0 Å². The van der Waals surface area contributed by atoms with Gasteiger partial charge >= 0.3 is 0 Å². The van der Waals surface area contributed by atoms with Crippen molar-refractivity contribution < 1.29 is 9.59 Å². The van der Waals surface area contributed by atoms with Crippen molar-refractivity contribution in [3.63, 3.8) is 0 Å². The van der Waals surface area contributed by atoms with Gasteiger partial charge in [-0.1, -0.05) is 15.9 Å². The molecule has 0 bridgehead atoms. The van der Waals surface area contributed by atoms with Crippen LogP contribution < -0.4 is 15.8 Å². The summed E-state index contributed by atoms with van der Waals surface area (Å²) in [6.07, 6.45) is -0.0855. The van der Waals surface area contributed by atoms with E-state index in [1.54, 1.807) is 11.7 Å². The van der Waals surface area contributed by atoms with Crippen molar-refractivity contribution >= 4 is 39.2 Å². The molecule has 1 aromatic heterocycles. The number of likely N-dealkylation sites (N-methyl/N-ethyl adjacent to an activating group) is 1. The van der Waals surface area contributed by atoms with Crippen molar-refractivity contribution in [1.82, 2.24) is 9.78 Å². The number of anilines is 2. The van der Waals surface area contributed by atoms with Crippen molar-refractivity contribution in [3.8, 4) is 0 Å². The Morgan fingerprint density at radius 2 is 1.96 bits per heavy atom. The molecule has 2 aliphatic rings. The lowest BCUT2D eigenvalue weighted by Crippen LogP contribution is -2.47. The summed E-state index contributed by atoms with van der Waals surface area (Å²) in [7, 11) is 1.67. The van der Waals surface area contributed by atoms with Gasteiger partial charge in [-0.2, -0.15) is 0 Å². The number of fused-ring (bicyclic) bond motifs is 4. The molecule has 7 nitrogen and oxygen atoms in total. The Hall–Kier alpha value is -2.35. The van der Waals surface area contributed by atoms with Gasteiger partial charge in [-0.25, -0.2) is 0 Å². The molecular weight excluding hydrogens is 388 g/mol. The molecule has 0 saturated carbocycles. The molecule has 0 fully saturated rings. The molecule has 2 amide bonds. The molecular formula is C17H17BrN4O3. The highest BCUT2D eigenvalue weighted by molar-refractivity contribution is 9.10. The lowest BCUT2D eigenvalue weighted by Gasteiger charge is -2.32. The fourth-order valence-corrected chi connectivity index (χ4v) is 4.29. The summed E-state index contributed by atoms with van der Waals surface area (Å²) in [6.45, 7) is 3.80. The normalized spacial score (nSPS) is 21.7. The second-order valence-electron chi connectivity index (χ2n) is 6.78. The number of carbonyl (C=O) groups excluding carboxylic acids is 2. The van der Waals surface area contributed by atoms with Crippen molar-refractivity contribution in [2.75, 3.05) is 17.3 Å². The Morgan fingerprint density at radius 1 is 1.24 bits per heavy atom. The van der Waals surface area contributed by atoms with E-state index in [-0.39, 0.29) is 29.8 Å². The van der Waals surface area contributed by atoms with Crippen LogP contribution in [0.1, 0.15) is 37.4 Å². The highest BCUT2D eigenvalue weighted by atomic mass is 79.9. The van der Waals surface area contributed by atoms with Crippen LogP contribution in [-0.4, -0.2) is 28.6 Å². The first-order valence-corrected chi connectivity index (χ1v) is 8.79. The van der Waals surface area contributed by atoms with E-state index in [2.05, 4.69) is 26.3 Å². The Kier molecular flexibility index (Phi) is 3.28. The van der Waals surface area contributed by atoms with E-state index >= 15 is 0 Å². The van der Waals surface area contributed by atoms with Crippen LogP contribution in [0.2, 0.25) is 0 Å². The Labute approximate surface area is 152 Å². The molecule has 1 aromatic carbocycles. The predicted octanol–water partition coefficient (Wildman–Crippen LogP) is 2.12. The third-order valence-electron chi connectivity index (χ3n) is 5.00. The van der Waals surface area contributed by atoms with E-state index in [4.69, 9.17) is 0 Å². The van der Waals surface area contributed by atoms with Gasteiger partial charge in [0.15, 0.2) is 0 Å². The molecule has 8 heteroatoms. The number of aromatic nitrogens is 2. The number of carbonyl (C=O) groups is 2. The molecule has 0 radical (unpaired) electrons. The van der Waals surface area contributed by atoms with Crippen LogP contribution in [0.4, 0.5) is 11.5 Å². The molecule has 4 rings (SSSR count). The minimum Gasteiger partial charge on any atom is -0.314 e. The number of halogens is 1. The summed E-state index contributed by atoms with van der Waals surface area (Å²) in [6, 6.07) is 5.43. The summed E-state index contributed by atoms with van der Waals surface area (Å²) in [4.78, 5) is 40.1. The number of aromatic amines is 1. The number of hydrogen-bond acceptors (Lipinski definition) is 3. The monoisotopic (exact) mass is 404 g/mol. The second-order valence-corrected chi connectivity index (χ2v) is 7.70. The number of amides is 2. The molecule has 25 heavy (non-hydrogen) atoms. The van der Waals surface area contributed by atoms with Gasteiger partial charge in [0.1, 0.15) is 11.2 Å². The smallest absolute Gasteiger partial charge is 0.270 e. The average molecular weight is 405 g/mol. The number of nitrogens with one attached hydrogen (secondary N) is 2. The molecule has 0 saturated heterocycles. The van der Waals surface area contributed by atoms with Crippen molar-refractivity contribution in [3.05, 3.63) is 44.2 Å². The fourth-order valence-electron chi connectivity index (χ4n) is 3.93. The van der Waals surface area contributed by atoms with Gasteiger partial charge in [-0.05, 0) is 37.6 Å². The molecule has 0 aliphatic carbocycles. The molecule has 1 spiro atoms. The number of hydrogen-bond donors (Lipinski definition) is 2. The van der Waals surface area contributed by atoms with Crippen LogP contribution >= 0.6 is 15.9 Å². The van der Waals surface area contributed by atoms with Crippen LogP contribution in [0.25, 0.3) is 0 Å². The van der Waals surface area contributed by atoms with Gasteiger partial charge in [0.2, 0.25) is 11.8 Å². The second kappa shape index (κ2) is 5.08. The Balaban J connectivity index is 2.12. The standard InChI is InChI=1S/C17H17BrN4O3/c1-8(2)22-14-13(15(24)20-22)17(7-12(23)19-14)10-6-9(18)4-5-11(10)21(3)16(17)25/h4-6,8H,7H2,1-3H3,(H,19,23)(H,20,24)/t17-/m0/s1. The van der Waals surface area contributed by atoms with Crippen LogP contribution in [-0.2, 0) is 15.0 Å². The van der Waals surface area contributed by atoms with Crippen LogP contribution in [0.15, 0.2) is 27.5 Å². The topological polar surface area (TPSA) is 87.2 Å². The zero-order chi connectivity index (χ0) is 18.1. The first-order chi connectivity index (χ1) is 11.8. The van der Waals surface area contributed by atoms with Crippen molar-refractivity contribution in [2.45, 2.75) is 31.7 Å². The first-order valence-electron chi connectivity index (χ1n) is 8.00. The maximum atomic E-state index is 13.3. The lowest BCUT2D eigenvalue weighted by atomic mass is 9.71. The van der Waals surface area contributed by atoms with Gasteiger partial charge in [-0.3, -0.25) is 24.2 Å². The largest absolute Gasteiger partial charge is 0.314 e. The fraction of sp³-hybridized carbons (Fsp3) is 0.353. The molecule has 0 unspecified atom stereocenters. The van der Waals surface area contributed by atoms with Crippen LogP contribution in [0.5, 0.6) is 0 Å². The zero-order valence-corrected chi connectivity index (χ0v) is 15.6. The van der Waals surface area contributed by atoms with Gasteiger partial charge < -0.3 is 10.2 Å². The van der Waals surface area contributed by atoms with Gasteiger partial charge in [0.25, 0.3) is 5.56 Å². The van der Waals surface area contributed by atoms with E-state index in [1.165, 1.54) is 4.90 Å². The maximum Gasteiger partial charge on any atom is 0.270 e. The van der Waals surface area contributed by atoms with Crippen molar-refractivity contribution in [1.29, 1.82) is 0 Å². The molecule has 1 atom stereocenters. The maximum absolute atomic E-state index is 13.3. The summed E-state index contributed by atoms with van der Waals surface area (Å²) < 4.78 is 2.40. The highest BCUT2D eigenvalue weighted by Crippen LogP contribution is 2.51. The summed E-state index contributed by atoms with van der Waals surface area (Å²) in [5.74, 6) is -0.162. The van der Waals surface area contributed by atoms with E-state index in [1.807, 2.05) is 32.0 Å². The van der Waals surface area contributed by atoms with Gasteiger partial charge in [0, 0.05) is 23.2 Å². The van der Waals surface area contributed by atoms with Gasteiger partial charge in [-0.15, -0.1) is 0 Å². The van der Waals surface area contributed by atoms with E-state index in [0.717, 1.165) is 4.47 Å². The lowest BCUT2D eigenvalue weighted by molar-refractivity contribution is -0.126. The summed E-state index contributed by atoms with van der Waals surface area (Å²) in [5, 5.41) is 5.54. The third-order valence-corrected chi connectivity index (χ3v) is 5.50. The Bertz CT molecular complexity index is 990. The minimum atomic E-state index is -1.29.